The van der Waals surface area contributed by atoms with E-state index in [0.29, 0.717) is 6.42 Å². The summed E-state index contributed by atoms with van der Waals surface area (Å²) in [6.07, 6.45) is 4.38. The van der Waals surface area contributed by atoms with Crippen molar-refractivity contribution >= 4 is 11.8 Å². The van der Waals surface area contributed by atoms with Crippen LogP contribution in [0.4, 0.5) is 0 Å². The fourth-order valence-corrected chi connectivity index (χ4v) is 1.67. The molecule has 0 saturated carbocycles. The predicted molar refractivity (Wildman–Crippen MR) is 59.6 cm³/mol. The van der Waals surface area contributed by atoms with E-state index < -0.39 is 5.97 Å². The van der Waals surface area contributed by atoms with E-state index in [4.69, 9.17) is 5.11 Å². The van der Waals surface area contributed by atoms with Gasteiger partial charge in [0.2, 0.25) is 0 Å². The van der Waals surface area contributed by atoms with E-state index in [1.807, 2.05) is 6.92 Å². The first kappa shape index (κ1) is 13.6. The van der Waals surface area contributed by atoms with Crippen LogP contribution >= 0.6 is 0 Å². The van der Waals surface area contributed by atoms with Gasteiger partial charge in [-0.3, -0.25) is 4.79 Å². The Hall–Kier alpha value is -1.38. The summed E-state index contributed by atoms with van der Waals surface area (Å²) in [5, 5.41) is 7.60. The average molecular weight is 210 g/mol. The molecule has 0 aromatic heterocycles. The second kappa shape index (κ2) is 5.49. The Bertz CT molecular complexity index is 298. The highest BCUT2D eigenvalue weighted by atomic mass is 16.4. The van der Waals surface area contributed by atoms with Crippen molar-refractivity contribution in [3.05, 3.63) is 24.3 Å². The smallest absolute Gasteiger partial charge is 0.327 e. The minimum Gasteiger partial charge on any atom is -0.478 e. The number of carbonyl (C=O) groups is 2. The summed E-state index contributed by atoms with van der Waals surface area (Å²) < 4.78 is 0. The van der Waals surface area contributed by atoms with Gasteiger partial charge in [-0.25, -0.2) is 4.79 Å². The highest BCUT2D eigenvalue weighted by Gasteiger charge is 2.25. The standard InChI is InChI=1S/C9H14O.C3H4O2/c1-7-4-8(10)6-9(2,3)5-7;1-2-3(4)5/h4H,5-6H2,1-3H3;2H,1H2,(H,4,5). The molecule has 0 heterocycles. The Kier molecular flexibility index (Phi) is 4.98. The zero-order valence-electron chi connectivity index (χ0n) is 9.54. The lowest BCUT2D eigenvalue weighted by atomic mass is 9.77. The fourth-order valence-electron chi connectivity index (χ4n) is 1.67. The first-order valence-corrected chi connectivity index (χ1v) is 4.82. The molecule has 0 aromatic rings. The molecule has 84 valence electrons. The highest BCUT2D eigenvalue weighted by Crippen LogP contribution is 2.32. The predicted octanol–water partition coefficient (Wildman–Crippen LogP) is 2.58. The Balaban J connectivity index is 0.000000336. The second-order valence-corrected chi connectivity index (χ2v) is 4.52. The molecule has 0 amide bonds. The van der Waals surface area contributed by atoms with Gasteiger partial charge in [-0.1, -0.05) is 26.0 Å². The number of ketones is 1. The summed E-state index contributed by atoms with van der Waals surface area (Å²) in [6, 6.07) is 0. The van der Waals surface area contributed by atoms with Crippen molar-refractivity contribution in [3.63, 3.8) is 0 Å². The van der Waals surface area contributed by atoms with E-state index in [2.05, 4.69) is 20.4 Å². The number of aliphatic carboxylic acids is 1. The summed E-state index contributed by atoms with van der Waals surface area (Å²) in [6.45, 7) is 9.27. The molecule has 3 heteroatoms. The monoisotopic (exact) mass is 210 g/mol. The van der Waals surface area contributed by atoms with Crippen LogP contribution in [0.1, 0.15) is 33.6 Å². The minimum atomic E-state index is -0.981. The van der Waals surface area contributed by atoms with Crippen LogP contribution in [-0.4, -0.2) is 16.9 Å². The quantitative estimate of drug-likeness (QED) is 0.677. The Morgan fingerprint density at radius 2 is 2.00 bits per heavy atom. The summed E-state index contributed by atoms with van der Waals surface area (Å²) in [5.74, 6) is -0.696. The van der Waals surface area contributed by atoms with Gasteiger partial charge in [0.25, 0.3) is 0 Å². The molecule has 15 heavy (non-hydrogen) atoms. The number of carboxylic acids is 1. The van der Waals surface area contributed by atoms with Crippen LogP contribution in [0.2, 0.25) is 0 Å². The van der Waals surface area contributed by atoms with Crippen LogP contribution in [0.25, 0.3) is 0 Å². The zero-order valence-corrected chi connectivity index (χ0v) is 9.54. The van der Waals surface area contributed by atoms with E-state index in [-0.39, 0.29) is 11.2 Å². The molecule has 0 aliphatic heterocycles. The van der Waals surface area contributed by atoms with Gasteiger partial charge in [-0.2, -0.15) is 0 Å². The number of rotatable bonds is 1. The molecule has 0 unspecified atom stereocenters. The van der Waals surface area contributed by atoms with Crippen molar-refractivity contribution in [3.8, 4) is 0 Å². The van der Waals surface area contributed by atoms with Crippen LogP contribution in [0.15, 0.2) is 24.3 Å². The third kappa shape index (κ3) is 6.66. The normalized spacial score (nSPS) is 18.3. The molecule has 0 saturated heterocycles. The minimum absolute atomic E-state index is 0.204. The average Bonchev–Trinajstić information content (AvgIpc) is 2.00. The maximum absolute atomic E-state index is 11.0. The number of hydrogen-bond donors (Lipinski definition) is 1. The lowest BCUT2D eigenvalue weighted by molar-refractivity contribution is -0.131. The number of hydrogen-bond acceptors (Lipinski definition) is 2. The Morgan fingerprint density at radius 1 is 1.53 bits per heavy atom. The maximum Gasteiger partial charge on any atom is 0.327 e. The molecule has 0 radical (unpaired) electrons. The lowest BCUT2D eigenvalue weighted by Gasteiger charge is -2.27. The van der Waals surface area contributed by atoms with Crippen LogP contribution in [0.3, 0.4) is 0 Å². The van der Waals surface area contributed by atoms with E-state index >= 15 is 0 Å². The topological polar surface area (TPSA) is 54.4 Å². The van der Waals surface area contributed by atoms with Crippen molar-refractivity contribution in [1.82, 2.24) is 0 Å². The van der Waals surface area contributed by atoms with Gasteiger partial charge >= 0.3 is 5.97 Å². The van der Waals surface area contributed by atoms with Gasteiger partial charge in [-0.15, -0.1) is 0 Å². The van der Waals surface area contributed by atoms with Crippen LogP contribution in [-0.2, 0) is 9.59 Å². The second-order valence-electron chi connectivity index (χ2n) is 4.52. The molecule has 1 aliphatic carbocycles. The SMILES string of the molecule is C=CC(=O)O.CC1=CC(=O)CC(C)(C)C1. The number of allylic oxidation sites excluding steroid dienone is 2. The summed E-state index contributed by atoms with van der Waals surface area (Å²) in [7, 11) is 0. The van der Waals surface area contributed by atoms with Crippen molar-refractivity contribution in [1.29, 1.82) is 0 Å². The van der Waals surface area contributed by atoms with Crippen molar-refractivity contribution in [2.75, 3.05) is 0 Å². The largest absolute Gasteiger partial charge is 0.478 e. The van der Waals surface area contributed by atoms with Crippen LogP contribution < -0.4 is 0 Å². The fraction of sp³-hybridized carbons (Fsp3) is 0.500. The van der Waals surface area contributed by atoms with Gasteiger partial charge in [0.05, 0.1) is 0 Å². The lowest BCUT2D eigenvalue weighted by Crippen LogP contribution is -2.20. The van der Waals surface area contributed by atoms with E-state index in [9.17, 15) is 9.59 Å². The van der Waals surface area contributed by atoms with Gasteiger partial charge in [0.1, 0.15) is 0 Å². The Morgan fingerprint density at radius 3 is 2.27 bits per heavy atom. The molecule has 3 nitrogen and oxygen atoms in total. The number of carbonyl (C=O) groups excluding carboxylic acids is 1. The third-order valence-corrected chi connectivity index (χ3v) is 1.99. The zero-order chi connectivity index (χ0) is 12.1. The van der Waals surface area contributed by atoms with E-state index in [1.165, 1.54) is 5.57 Å². The first-order valence-electron chi connectivity index (χ1n) is 4.82. The van der Waals surface area contributed by atoms with Gasteiger partial charge in [0, 0.05) is 12.5 Å². The molecule has 1 N–H and O–H groups in total. The molecule has 0 atom stereocenters. The molecule has 0 fully saturated rings. The summed E-state index contributed by atoms with van der Waals surface area (Å²) in [4.78, 5) is 20.3. The third-order valence-electron chi connectivity index (χ3n) is 1.99. The number of carboxylic acid groups (broad SMARTS) is 1. The van der Waals surface area contributed by atoms with Crippen LogP contribution in [0, 0.1) is 5.41 Å². The molecular formula is C12H18O3. The van der Waals surface area contributed by atoms with Gasteiger partial charge in [-0.05, 0) is 24.8 Å². The van der Waals surface area contributed by atoms with Crippen molar-refractivity contribution in [2.45, 2.75) is 33.6 Å². The van der Waals surface area contributed by atoms with E-state index in [1.54, 1.807) is 6.08 Å². The first-order chi connectivity index (χ1) is 6.76. The maximum atomic E-state index is 11.0. The molecular weight excluding hydrogens is 192 g/mol. The van der Waals surface area contributed by atoms with Gasteiger partial charge in [0.15, 0.2) is 5.78 Å². The van der Waals surface area contributed by atoms with Crippen molar-refractivity contribution in [2.24, 2.45) is 5.41 Å². The van der Waals surface area contributed by atoms with E-state index in [0.717, 1.165) is 12.5 Å². The molecule has 1 rings (SSSR count). The van der Waals surface area contributed by atoms with Gasteiger partial charge < -0.3 is 5.11 Å². The molecule has 0 bridgehead atoms. The summed E-state index contributed by atoms with van der Waals surface area (Å²) >= 11 is 0. The highest BCUT2D eigenvalue weighted by molar-refractivity contribution is 5.91. The molecule has 0 aromatic carbocycles. The van der Waals surface area contributed by atoms with Crippen LogP contribution in [0.5, 0.6) is 0 Å². The Labute approximate surface area is 90.5 Å². The van der Waals surface area contributed by atoms with Crippen molar-refractivity contribution < 1.29 is 14.7 Å². The molecule has 1 aliphatic rings. The molecule has 0 spiro atoms. The summed E-state index contributed by atoms with van der Waals surface area (Å²) in [5.41, 5.74) is 1.43.